The van der Waals surface area contributed by atoms with Crippen molar-refractivity contribution < 1.29 is 14.3 Å². The van der Waals surface area contributed by atoms with E-state index in [1.165, 1.54) is 35.6 Å². The highest BCUT2D eigenvalue weighted by Gasteiger charge is 2.11. The number of anilines is 1. The van der Waals surface area contributed by atoms with Gasteiger partial charge in [-0.15, -0.1) is 11.3 Å². The van der Waals surface area contributed by atoms with Crippen LogP contribution in [0.3, 0.4) is 0 Å². The molecule has 1 heterocycles. The third kappa shape index (κ3) is 3.15. The SMILES string of the molecule is O=C(Nc1ccc(F)cc1)c1ccc(-c2cccc(O)c2)s1. The van der Waals surface area contributed by atoms with Gasteiger partial charge >= 0.3 is 0 Å². The topological polar surface area (TPSA) is 49.3 Å². The fourth-order valence-electron chi connectivity index (χ4n) is 2.00. The number of nitrogens with one attached hydrogen (secondary N) is 1. The molecule has 110 valence electrons. The molecule has 0 aliphatic carbocycles. The van der Waals surface area contributed by atoms with Crippen LogP contribution in [0.15, 0.2) is 60.7 Å². The van der Waals surface area contributed by atoms with Crippen LogP contribution < -0.4 is 5.32 Å². The lowest BCUT2D eigenvalue weighted by Crippen LogP contribution is -2.09. The lowest BCUT2D eigenvalue weighted by Gasteiger charge is -2.03. The molecule has 1 amide bonds. The second kappa shape index (κ2) is 5.99. The smallest absolute Gasteiger partial charge is 0.265 e. The molecule has 3 rings (SSSR count). The van der Waals surface area contributed by atoms with E-state index in [1.807, 2.05) is 12.1 Å². The van der Waals surface area contributed by atoms with Crippen molar-refractivity contribution in [3.8, 4) is 16.2 Å². The van der Waals surface area contributed by atoms with Gasteiger partial charge in [-0.3, -0.25) is 4.79 Å². The molecule has 1 aromatic heterocycles. The van der Waals surface area contributed by atoms with Crippen molar-refractivity contribution >= 4 is 22.9 Å². The summed E-state index contributed by atoms with van der Waals surface area (Å²) in [6.07, 6.45) is 0. The molecular formula is C17H12FNO2S. The number of hydrogen-bond donors (Lipinski definition) is 2. The molecule has 0 radical (unpaired) electrons. The number of phenols is 1. The highest BCUT2D eigenvalue weighted by atomic mass is 32.1. The van der Waals surface area contributed by atoms with Crippen molar-refractivity contribution in [2.45, 2.75) is 0 Å². The largest absolute Gasteiger partial charge is 0.508 e. The Morgan fingerprint density at radius 2 is 1.82 bits per heavy atom. The zero-order chi connectivity index (χ0) is 15.5. The molecule has 0 saturated carbocycles. The summed E-state index contributed by atoms with van der Waals surface area (Å²) in [4.78, 5) is 13.6. The Morgan fingerprint density at radius 1 is 1.05 bits per heavy atom. The van der Waals surface area contributed by atoms with Crippen LogP contribution in [0.2, 0.25) is 0 Å². The van der Waals surface area contributed by atoms with Gasteiger partial charge in [0.1, 0.15) is 11.6 Å². The lowest BCUT2D eigenvalue weighted by molar-refractivity contribution is 0.103. The number of hydrogen-bond acceptors (Lipinski definition) is 3. The van der Waals surface area contributed by atoms with E-state index in [9.17, 15) is 14.3 Å². The van der Waals surface area contributed by atoms with E-state index in [2.05, 4.69) is 5.32 Å². The lowest BCUT2D eigenvalue weighted by atomic mass is 10.2. The summed E-state index contributed by atoms with van der Waals surface area (Å²) in [6.45, 7) is 0. The molecule has 22 heavy (non-hydrogen) atoms. The summed E-state index contributed by atoms with van der Waals surface area (Å²) in [5.74, 6) is -0.411. The van der Waals surface area contributed by atoms with E-state index < -0.39 is 0 Å². The molecule has 5 heteroatoms. The molecular weight excluding hydrogens is 301 g/mol. The average molecular weight is 313 g/mol. The molecule has 0 unspecified atom stereocenters. The third-order valence-electron chi connectivity index (χ3n) is 3.06. The monoisotopic (exact) mass is 313 g/mol. The summed E-state index contributed by atoms with van der Waals surface area (Å²) in [6, 6.07) is 16.0. The predicted molar refractivity (Wildman–Crippen MR) is 85.8 cm³/mol. The fourth-order valence-corrected chi connectivity index (χ4v) is 2.90. The average Bonchev–Trinajstić information content (AvgIpc) is 3.00. The molecule has 3 aromatic rings. The standard InChI is InChI=1S/C17H12FNO2S/c18-12-4-6-13(7-5-12)19-17(21)16-9-8-15(22-16)11-2-1-3-14(20)10-11/h1-10,20H,(H,19,21). The van der Waals surface area contributed by atoms with Crippen LogP contribution in [0.1, 0.15) is 9.67 Å². The number of carbonyl (C=O) groups excluding carboxylic acids is 1. The van der Waals surface area contributed by atoms with Crippen molar-refractivity contribution in [2.75, 3.05) is 5.32 Å². The van der Waals surface area contributed by atoms with Gasteiger partial charge in [-0.1, -0.05) is 12.1 Å². The minimum atomic E-state index is -0.347. The summed E-state index contributed by atoms with van der Waals surface area (Å²) < 4.78 is 12.8. The van der Waals surface area contributed by atoms with Gasteiger partial charge in [0.05, 0.1) is 4.88 Å². The third-order valence-corrected chi connectivity index (χ3v) is 4.20. The Balaban J connectivity index is 1.78. The van der Waals surface area contributed by atoms with Crippen molar-refractivity contribution in [3.63, 3.8) is 0 Å². The Hall–Kier alpha value is -2.66. The molecule has 0 spiro atoms. The number of halogens is 1. The molecule has 2 aromatic carbocycles. The number of rotatable bonds is 3. The van der Waals surface area contributed by atoms with Gasteiger partial charge < -0.3 is 10.4 Å². The highest BCUT2D eigenvalue weighted by Crippen LogP contribution is 2.30. The predicted octanol–water partition coefficient (Wildman–Crippen LogP) is 4.51. The maximum absolute atomic E-state index is 12.8. The van der Waals surface area contributed by atoms with Crippen molar-refractivity contribution in [2.24, 2.45) is 0 Å². The second-order valence-electron chi connectivity index (χ2n) is 4.68. The van der Waals surface area contributed by atoms with E-state index in [1.54, 1.807) is 24.3 Å². The molecule has 0 bridgehead atoms. The summed E-state index contributed by atoms with van der Waals surface area (Å²) in [7, 11) is 0. The van der Waals surface area contributed by atoms with E-state index in [0.29, 0.717) is 10.6 Å². The summed E-state index contributed by atoms with van der Waals surface area (Å²) >= 11 is 1.33. The number of amides is 1. The zero-order valence-electron chi connectivity index (χ0n) is 11.4. The minimum Gasteiger partial charge on any atom is -0.508 e. The van der Waals surface area contributed by atoms with E-state index in [4.69, 9.17) is 0 Å². The van der Waals surface area contributed by atoms with Crippen LogP contribution in [0.25, 0.3) is 10.4 Å². The van der Waals surface area contributed by atoms with Gasteiger partial charge in [0.2, 0.25) is 0 Å². The number of benzene rings is 2. The van der Waals surface area contributed by atoms with Crippen molar-refractivity contribution in [1.29, 1.82) is 0 Å². The van der Waals surface area contributed by atoms with Crippen LogP contribution >= 0.6 is 11.3 Å². The number of carbonyl (C=O) groups is 1. The van der Waals surface area contributed by atoms with Crippen molar-refractivity contribution in [1.82, 2.24) is 0 Å². The quantitative estimate of drug-likeness (QED) is 0.747. The number of thiophene rings is 1. The van der Waals surface area contributed by atoms with Crippen LogP contribution in [-0.4, -0.2) is 11.0 Å². The van der Waals surface area contributed by atoms with Crippen molar-refractivity contribution in [3.05, 3.63) is 71.4 Å². The van der Waals surface area contributed by atoms with E-state index >= 15 is 0 Å². The molecule has 2 N–H and O–H groups in total. The Kier molecular flexibility index (Phi) is 3.89. The molecule has 0 atom stereocenters. The first-order valence-corrected chi connectivity index (χ1v) is 7.39. The van der Waals surface area contributed by atoms with Gasteiger partial charge in [-0.05, 0) is 54.1 Å². The fraction of sp³-hybridized carbons (Fsp3) is 0. The van der Waals surface area contributed by atoms with Gasteiger partial charge in [-0.2, -0.15) is 0 Å². The Morgan fingerprint density at radius 3 is 2.55 bits per heavy atom. The van der Waals surface area contributed by atoms with Crippen LogP contribution in [0.4, 0.5) is 10.1 Å². The normalized spacial score (nSPS) is 10.4. The molecule has 0 aliphatic rings. The van der Waals surface area contributed by atoms with Gasteiger partial charge in [0.25, 0.3) is 5.91 Å². The van der Waals surface area contributed by atoms with Gasteiger partial charge in [0, 0.05) is 10.6 Å². The number of aromatic hydroxyl groups is 1. The first-order valence-electron chi connectivity index (χ1n) is 6.58. The van der Waals surface area contributed by atoms with Crippen LogP contribution in [0, 0.1) is 5.82 Å². The van der Waals surface area contributed by atoms with Gasteiger partial charge in [-0.25, -0.2) is 4.39 Å². The maximum atomic E-state index is 12.8. The van der Waals surface area contributed by atoms with E-state index in [0.717, 1.165) is 10.4 Å². The first kappa shape index (κ1) is 14.3. The minimum absolute atomic E-state index is 0.184. The highest BCUT2D eigenvalue weighted by molar-refractivity contribution is 7.17. The molecule has 0 fully saturated rings. The summed E-state index contributed by atoms with van der Waals surface area (Å²) in [5, 5.41) is 12.2. The maximum Gasteiger partial charge on any atom is 0.265 e. The van der Waals surface area contributed by atoms with E-state index in [-0.39, 0.29) is 17.5 Å². The number of phenolic OH excluding ortho intramolecular Hbond substituents is 1. The van der Waals surface area contributed by atoms with Crippen LogP contribution in [-0.2, 0) is 0 Å². The summed E-state index contributed by atoms with van der Waals surface area (Å²) in [5.41, 5.74) is 1.39. The molecule has 0 saturated heterocycles. The van der Waals surface area contributed by atoms with Crippen LogP contribution in [0.5, 0.6) is 5.75 Å². The Labute approximate surface area is 130 Å². The Bertz CT molecular complexity index is 812. The first-order chi connectivity index (χ1) is 10.6. The zero-order valence-corrected chi connectivity index (χ0v) is 12.2. The second-order valence-corrected chi connectivity index (χ2v) is 5.76. The molecule has 3 nitrogen and oxygen atoms in total. The van der Waals surface area contributed by atoms with Gasteiger partial charge in [0.15, 0.2) is 0 Å². The molecule has 0 aliphatic heterocycles.